The number of nitrogens with two attached hydrogens (primary N) is 1. The average molecular weight is 395 g/mol. The van der Waals surface area contributed by atoms with Crippen molar-refractivity contribution in [2.75, 3.05) is 37.3 Å². The molecule has 0 saturated carbocycles. The van der Waals surface area contributed by atoms with Crippen LogP contribution in [0.3, 0.4) is 0 Å². The fourth-order valence-electron chi connectivity index (χ4n) is 3.18. The zero-order valence-electron chi connectivity index (χ0n) is 16.9. The van der Waals surface area contributed by atoms with Crippen LogP contribution in [0.4, 0.5) is 17.1 Å². The highest BCUT2D eigenvalue weighted by Crippen LogP contribution is 2.26. The van der Waals surface area contributed by atoms with E-state index >= 15 is 0 Å². The molecule has 8 nitrogen and oxygen atoms in total. The molecular formula is C20H34N4O4. The number of benzene rings is 1. The molecular weight excluding hydrogens is 360 g/mol. The summed E-state index contributed by atoms with van der Waals surface area (Å²) in [4.78, 5) is 12.8. The van der Waals surface area contributed by atoms with E-state index in [9.17, 15) is 20.3 Å². The molecule has 0 spiro atoms. The summed E-state index contributed by atoms with van der Waals surface area (Å²) in [7, 11) is 0. The third-order valence-corrected chi connectivity index (χ3v) is 4.62. The number of nitro benzene ring substituents is 1. The number of nitrogens with one attached hydrogen (secondary N) is 1. The summed E-state index contributed by atoms with van der Waals surface area (Å²) in [5, 5.41) is 33.1. The number of hydrogen-bond donors (Lipinski definition) is 4. The van der Waals surface area contributed by atoms with Crippen molar-refractivity contribution in [1.82, 2.24) is 4.90 Å². The highest BCUT2D eigenvalue weighted by molar-refractivity contribution is 5.66. The van der Waals surface area contributed by atoms with Crippen molar-refractivity contribution in [2.45, 2.75) is 51.7 Å². The highest BCUT2D eigenvalue weighted by atomic mass is 16.6. The van der Waals surface area contributed by atoms with Crippen LogP contribution in [-0.2, 0) is 0 Å². The van der Waals surface area contributed by atoms with E-state index in [0.29, 0.717) is 24.3 Å². The van der Waals surface area contributed by atoms with E-state index < -0.39 is 4.92 Å². The zero-order valence-corrected chi connectivity index (χ0v) is 16.9. The summed E-state index contributed by atoms with van der Waals surface area (Å²) in [6.45, 7) is 6.33. The molecule has 2 atom stereocenters. The Bertz CT molecular complexity index is 624. The number of likely N-dealkylation sites (tertiary alicyclic amines) is 1. The van der Waals surface area contributed by atoms with Gasteiger partial charge in [0.2, 0.25) is 0 Å². The van der Waals surface area contributed by atoms with Crippen molar-refractivity contribution in [3.63, 3.8) is 0 Å². The van der Waals surface area contributed by atoms with Gasteiger partial charge in [-0.2, -0.15) is 0 Å². The van der Waals surface area contributed by atoms with Crippen molar-refractivity contribution in [2.24, 2.45) is 0 Å². The van der Waals surface area contributed by atoms with E-state index in [4.69, 9.17) is 5.73 Å². The van der Waals surface area contributed by atoms with E-state index in [0.717, 1.165) is 32.4 Å². The predicted octanol–water partition coefficient (Wildman–Crippen LogP) is 2.77. The molecule has 1 fully saturated rings. The molecule has 5 N–H and O–H groups in total. The molecule has 1 saturated heterocycles. The number of nitro groups is 1. The van der Waals surface area contributed by atoms with Gasteiger partial charge in [-0.15, -0.1) is 0 Å². The zero-order chi connectivity index (χ0) is 20.9. The first-order chi connectivity index (χ1) is 13.5. The van der Waals surface area contributed by atoms with Crippen LogP contribution in [0.25, 0.3) is 0 Å². The summed E-state index contributed by atoms with van der Waals surface area (Å²) < 4.78 is 0. The van der Waals surface area contributed by atoms with Crippen LogP contribution in [0.2, 0.25) is 0 Å². The van der Waals surface area contributed by atoms with Gasteiger partial charge in [0, 0.05) is 37.4 Å². The number of aliphatic hydroxyl groups is 2. The van der Waals surface area contributed by atoms with Crippen LogP contribution in [0, 0.1) is 10.1 Å². The minimum Gasteiger partial charge on any atom is -0.399 e. The summed E-state index contributed by atoms with van der Waals surface area (Å²) in [5.41, 5.74) is 6.41. The Kier molecular flexibility index (Phi) is 11.2. The summed E-state index contributed by atoms with van der Waals surface area (Å²) in [6, 6.07) is 4.65. The van der Waals surface area contributed by atoms with Gasteiger partial charge in [-0.1, -0.05) is 26.0 Å². The third-order valence-electron chi connectivity index (χ3n) is 4.62. The number of aliphatic hydroxyl groups excluding tert-OH is 2. The Morgan fingerprint density at radius 1 is 1.36 bits per heavy atom. The minimum atomic E-state index is -0.443. The monoisotopic (exact) mass is 394 g/mol. The first-order valence-corrected chi connectivity index (χ1v) is 9.97. The van der Waals surface area contributed by atoms with Gasteiger partial charge in [0.15, 0.2) is 0 Å². The predicted molar refractivity (Wildman–Crippen MR) is 113 cm³/mol. The second kappa shape index (κ2) is 13.1. The van der Waals surface area contributed by atoms with E-state index in [1.165, 1.54) is 6.07 Å². The number of piperidine rings is 1. The van der Waals surface area contributed by atoms with Gasteiger partial charge in [-0.3, -0.25) is 15.0 Å². The first-order valence-electron chi connectivity index (χ1n) is 9.97. The number of hydrogen-bond acceptors (Lipinski definition) is 7. The number of anilines is 2. The van der Waals surface area contributed by atoms with Gasteiger partial charge < -0.3 is 21.3 Å². The molecule has 1 aliphatic rings. The lowest BCUT2D eigenvalue weighted by Gasteiger charge is -2.36. The maximum atomic E-state index is 11.0. The number of rotatable bonds is 9. The molecule has 2 unspecified atom stereocenters. The summed E-state index contributed by atoms with van der Waals surface area (Å²) in [6.07, 6.45) is 6.83. The van der Waals surface area contributed by atoms with Gasteiger partial charge in [0.05, 0.1) is 17.6 Å². The Hall–Kier alpha value is -2.16. The first kappa shape index (κ1) is 23.9. The fraction of sp³-hybridized carbons (Fsp3) is 0.600. The Labute approximate surface area is 167 Å². The molecule has 1 aliphatic heterocycles. The number of nitrogen functional groups attached to an aromatic ring is 1. The SMILES string of the molecule is CC.Nc1ccc(NCC/C=C/CCN2CCC(O)CC2CO)c([N+](=O)[O-])c1. The second-order valence-corrected chi connectivity index (χ2v) is 6.56. The van der Waals surface area contributed by atoms with E-state index in [2.05, 4.69) is 16.3 Å². The van der Waals surface area contributed by atoms with E-state index in [1.54, 1.807) is 12.1 Å². The quantitative estimate of drug-likeness (QED) is 0.167. The molecule has 28 heavy (non-hydrogen) atoms. The van der Waals surface area contributed by atoms with Crippen molar-refractivity contribution >= 4 is 17.1 Å². The molecule has 0 bridgehead atoms. The Morgan fingerprint density at radius 3 is 2.75 bits per heavy atom. The third kappa shape index (κ3) is 7.84. The Balaban J connectivity index is 0.00000190. The molecule has 1 heterocycles. The second-order valence-electron chi connectivity index (χ2n) is 6.56. The fourth-order valence-corrected chi connectivity index (χ4v) is 3.18. The molecule has 1 aromatic rings. The van der Waals surface area contributed by atoms with Crippen molar-refractivity contribution in [1.29, 1.82) is 0 Å². The van der Waals surface area contributed by atoms with Gasteiger partial charge in [0.1, 0.15) is 5.69 Å². The van der Waals surface area contributed by atoms with Gasteiger partial charge in [-0.05, 0) is 37.8 Å². The van der Waals surface area contributed by atoms with Crippen LogP contribution < -0.4 is 11.1 Å². The number of nitrogens with zero attached hydrogens (tertiary/aromatic N) is 2. The van der Waals surface area contributed by atoms with E-state index in [1.807, 2.05) is 19.9 Å². The molecule has 2 rings (SSSR count). The summed E-state index contributed by atoms with van der Waals surface area (Å²) >= 11 is 0. The maximum Gasteiger partial charge on any atom is 0.294 e. The molecule has 158 valence electrons. The van der Waals surface area contributed by atoms with Crippen LogP contribution in [0.15, 0.2) is 30.4 Å². The minimum absolute atomic E-state index is 0.0173. The molecule has 0 aromatic heterocycles. The Morgan fingerprint density at radius 2 is 2.07 bits per heavy atom. The van der Waals surface area contributed by atoms with Crippen molar-refractivity contribution in [3.8, 4) is 0 Å². The van der Waals surface area contributed by atoms with Crippen LogP contribution in [0.5, 0.6) is 0 Å². The van der Waals surface area contributed by atoms with Crippen LogP contribution in [0.1, 0.15) is 39.5 Å². The standard InChI is InChI=1S/C18H28N4O4.C2H6/c19-14-5-6-17(18(11-14)22(25)26)20-8-3-1-2-4-9-21-10-7-16(24)12-15(21)13-23;1-2/h1-2,5-6,11,15-16,20,23-24H,3-4,7-10,12-13,19H2;1-2H3/b2-1+;. The van der Waals surface area contributed by atoms with Crippen LogP contribution in [-0.4, -0.2) is 58.4 Å². The molecule has 0 amide bonds. The summed E-state index contributed by atoms with van der Waals surface area (Å²) in [5.74, 6) is 0. The molecule has 0 radical (unpaired) electrons. The van der Waals surface area contributed by atoms with Crippen molar-refractivity contribution < 1.29 is 15.1 Å². The highest BCUT2D eigenvalue weighted by Gasteiger charge is 2.25. The molecule has 0 aliphatic carbocycles. The lowest BCUT2D eigenvalue weighted by Crippen LogP contribution is -2.46. The van der Waals surface area contributed by atoms with E-state index in [-0.39, 0.29) is 24.4 Å². The topological polar surface area (TPSA) is 125 Å². The van der Waals surface area contributed by atoms with Gasteiger partial charge in [-0.25, -0.2) is 0 Å². The largest absolute Gasteiger partial charge is 0.399 e. The van der Waals surface area contributed by atoms with Crippen molar-refractivity contribution in [3.05, 3.63) is 40.5 Å². The lowest BCUT2D eigenvalue weighted by atomic mass is 10.00. The maximum absolute atomic E-state index is 11.0. The lowest BCUT2D eigenvalue weighted by molar-refractivity contribution is -0.383. The smallest absolute Gasteiger partial charge is 0.294 e. The van der Waals surface area contributed by atoms with Gasteiger partial charge >= 0.3 is 0 Å². The average Bonchev–Trinajstić information content (AvgIpc) is 2.70. The van der Waals surface area contributed by atoms with Crippen LogP contribution >= 0.6 is 0 Å². The normalized spacial score (nSPS) is 19.9. The van der Waals surface area contributed by atoms with Gasteiger partial charge in [0.25, 0.3) is 5.69 Å². The molecule has 1 aromatic carbocycles. The molecule has 8 heteroatoms.